The van der Waals surface area contributed by atoms with E-state index >= 15 is 0 Å². The predicted molar refractivity (Wildman–Crippen MR) is 102 cm³/mol. The van der Waals surface area contributed by atoms with E-state index in [1.807, 2.05) is 19.1 Å². The Bertz CT molecular complexity index is 709. The first-order chi connectivity index (χ1) is 11.8. The topological polar surface area (TPSA) is 60.9 Å². The Labute approximate surface area is 155 Å². The van der Waals surface area contributed by atoms with E-state index in [2.05, 4.69) is 15.9 Å². The molecule has 1 N–H and O–H groups in total. The largest absolute Gasteiger partial charge is 0.388 e. The average Bonchev–Trinajstić information content (AvgIpc) is 2.79. The van der Waals surface area contributed by atoms with Crippen LogP contribution in [0.15, 0.2) is 18.2 Å². The van der Waals surface area contributed by atoms with Crippen molar-refractivity contribution in [2.75, 3.05) is 49.1 Å². The molecule has 3 rings (SSSR count). The van der Waals surface area contributed by atoms with Crippen LogP contribution in [0.4, 0.5) is 5.69 Å². The summed E-state index contributed by atoms with van der Waals surface area (Å²) in [6.45, 7) is 6.24. The van der Waals surface area contributed by atoms with Gasteiger partial charge in [-0.3, -0.25) is 4.90 Å². The second-order valence-electron chi connectivity index (χ2n) is 7.38. The minimum atomic E-state index is -2.95. The van der Waals surface area contributed by atoms with E-state index in [4.69, 9.17) is 11.6 Å². The van der Waals surface area contributed by atoms with Crippen LogP contribution in [-0.4, -0.2) is 68.3 Å². The van der Waals surface area contributed by atoms with Gasteiger partial charge >= 0.3 is 0 Å². The molecular formula is C18H27ClN2O3S. The third kappa shape index (κ3) is 4.67. The quantitative estimate of drug-likeness (QED) is 0.862. The summed E-state index contributed by atoms with van der Waals surface area (Å²) in [5.74, 6) is 0.205. The molecule has 1 aromatic rings. The van der Waals surface area contributed by atoms with E-state index in [0.717, 1.165) is 43.2 Å². The van der Waals surface area contributed by atoms with Crippen LogP contribution in [0.1, 0.15) is 24.8 Å². The van der Waals surface area contributed by atoms with E-state index in [1.54, 1.807) is 0 Å². The minimum Gasteiger partial charge on any atom is -0.388 e. The third-order valence-corrected chi connectivity index (χ3v) is 7.50. The monoisotopic (exact) mass is 386 g/mol. The summed E-state index contributed by atoms with van der Waals surface area (Å²) in [5, 5.41) is 11.6. The van der Waals surface area contributed by atoms with Gasteiger partial charge in [-0.1, -0.05) is 17.7 Å². The van der Waals surface area contributed by atoms with Crippen LogP contribution in [0.5, 0.6) is 0 Å². The second-order valence-corrected chi connectivity index (χ2v) is 10.1. The summed E-state index contributed by atoms with van der Waals surface area (Å²) in [6.07, 6.45) is 1.71. The van der Waals surface area contributed by atoms with E-state index < -0.39 is 15.4 Å². The SMILES string of the molecule is Cc1c(Cl)cccc1N1CCCN(CC2(O)CCS(=O)(=O)CC2)CC1. The highest BCUT2D eigenvalue weighted by Crippen LogP contribution is 2.28. The molecule has 1 aromatic carbocycles. The Balaban J connectivity index is 1.61. The number of anilines is 1. The Morgan fingerprint density at radius 3 is 2.60 bits per heavy atom. The lowest BCUT2D eigenvalue weighted by atomic mass is 9.96. The molecule has 0 spiro atoms. The highest BCUT2D eigenvalue weighted by Gasteiger charge is 2.37. The molecule has 0 atom stereocenters. The minimum absolute atomic E-state index is 0.102. The maximum Gasteiger partial charge on any atom is 0.150 e. The van der Waals surface area contributed by atoms with Crippen molar-refractivity contribution in [2.45, 2.75) is 31.8 Å². The highest BCUT2D eigenvalue weighted by molar-refractivity contribution is 7.91. The van der Waals surface area contributed by atoms with Gasteiger partial charge in [0, 0.05) is 43.4 Å². The van der Waals surface area contributed by atoms with Crippen LogP contribution in [0.25, 0.3) is 0 Å². The number of rotatable bonds is 3. The molecule has 0 bridgehead atoms. The smallest absolute Gasteiger partial charge is 0.150 e. The molecule has 140 valence electrons. The van der Waals surface area contributed by atoms with Crippen molar-refractivity contribution < 1.29 is 13.5 Å². The Hall–Kier alpha value is -0.820. The molecule has 2 fully saturated rings. The average molecular weight is 387 g/mol. The summed E-state index contributed by atoms with van der Waals surface area (Å²) in [4.78, 5) is 4.63. The van der Waals surface area contributed by atoms with Gasteiger partial charge in [-0.25, -0.2) is 8.42 Å². The summed E-state index contributed by atoms with van der Waals surface area (Å²) < 4.78 is 23.2. The molecular weight excluding hydrogens is 360 g/mol. The van der Waals surface area contributed by atoms with Gasteiger partial charge in [0.25, 0.3) is 0 Å². The van der Waals surface area contributed by atoms with Gasteiger partial charge in [0.05, 0.1) is 17.1 Å². The highest BCUT2D eigenvalue weighted by atomic mass is 35.5. The standard InChI is InChI=1S/C18H27ClN2O3S/c1-15-16(19)4-2-5-17(15)21-9-3-8-20(10-11-21)14-18(22)6-12-25(23,24)13-7-18/h2,4-5,22H,3,6-14H2,1H3. The number of hydrogen-bond acceptors (Lipinski definition) is 5. The van der Waals surface area contributed by atoms with Gasteiger partial charge in [0.15, 0.2) is 9.84 Å². The first-order valence-corrected chi connectivity index (χ1v) is 11.1. The summed E-state index contributed by atoms with van der Waals surface area (Å²) >= 11 is 6.25. The van der Waals surface area contributed by atoms with E-state index in [1.165, 1.54) is 5.69 Å². The Morgan fingerprint density at radius 2 is 1.88 bits per heavy atom. The maximum atomic E-state index is 11.6. The lowest BCUT2D eigenvalue weighted by Gasteiger charge is -2.36. The Morgan fingerprint density at radius 1 is 1.16 bits per heavy atom. The van der Waals surface area contributed by atoms with Gasteiger partial charge in [0.2, 0.25) is 0 Å². The molecule has 2 heterocycles. The van der Waals surface area contributed by atoms with E-state index in [-0.39, 0.29) is 11.5 Å². The van der Waals surface area contributed by atoms with Crippen LogP contribution in [0.2, 0.25) is 5.02 Å². The van der Waals surface area contributed by atoms with Crippen molar-refractivity contribution in [3.8, 4) is 0 Å². The van der Waals surface area contributed by atoms with Crippen molar-refractivity contribution in [1.82, 2.24) is 4.90 Å². The third-order valence-electron chi connectivity index (χ3n) is 5.44. The number of hydrogen-bond donors (Lipinski definition) is 1. The molecule has 0 saturated carbocycles. The van der Waals surface area contributed by atoms with Crippen molar-refractivity contribution in [2.24, 2.45) is 0 Å². The summed E-state index contributed by atoms with van der Waals surface area (Å²) in [6, 6.07) is 6.01. The number of halogens is 1. The zero-order chi connectivity index (χ0) is 18.1. The molecule has 2 saturated heterocycles. The first kappa shape index (κ1) is 19.0. The van der Waals surface area contributed by atoms with Gasteiger partial charge < -0.3 is 10.0 Å². The van der Waals surface area contributed by atoms with Gasteiger partial charge in [0.1, 0.15) is 0 Å². The molecule has 2 aliphatic heterocycles. The van der Waals surface area contributed by atoms with Gasteiger partial charge in [-0.2, -0.15) is 0 Å². The fourth-order valence-electron chi connectivity index (χ4n) is 3.80. The summed E-state index contributed by atoms with van der Waals surface area (Å²) in [7, 11) is -2.95. The number of aliphatic hydroxyl groups is 1. The van der Waals surface area contributed by atoms with Crippen LogP contribution >= 0.6 is 11.6 Å². The van der Waals surface area contributed by atoms with Crippen LogP contribution < -0.4 is 4.90 Å². The fraction of sp³-hybridized carbons (Fsp3) is 0.667. The number of benzene rings is 1. The maximum absolute atomic E-state index is 11.6. The number of nitrogens with zero attached hydrogens (tertiary/aromatic N) is 2. The van der Waals surface area contributed by atoms with E-state index in [9.17, 15) is 13.5 Å². The molecule has 0 unspecified atom stereocenters. The zero-order valence-electron chi connectivity index (χ0n) is 14.7. The molecule has 7 heteroatoms. The fourth-order valence-corrected chi connectivity index (χ4v) is 5.56. The lowest BCUT2D eigenvalue weighted by molar-refractivity contribution is -0.00323. The number of β-amino-alcohol motifs (C(OH)–C–C–N with tert-alkyl or cyclic N) is 1. The zero-order valence-corrected chi connectivity index (χ0v) is 16.3. The lowest BCUT2D eigenvalue weighted by Crippen LogP contribution is -2.49. The van der Waals surface area contributed by atoms with Gasteiger partial charge in [-0.15, -0.1) is 0 Å². The van der Waals surface area contributed by atoms with Crippen molar-refractivity contribution in [3.63, 3.8) is 0 Å². The molecule has 25 heavy (non-hydrogen) atoms. The molecule has 0 aliphatic carbocycles. The van der Waals surface area contributed by atoms with Crippen molar-refractivity contribution >= 4 is 27.1 Å². The van der Waals surface area contributed by atoms with E-state index in [0.29, 0.717) is 19.4 Å². The molecule has 5 nitrogen and oxygen atoms in total. The van der Waals surface area contributed by atoms with Crippen LogP contribution in [-0.2, 0) is 9.84 Å². The molecule has 0 amide bonds. The van der Waals surface area contributed by atoms with Crippen LogP contribution in [0, 0.1) is 6.92 Å². The Kier molecular flexibility index (Phi) is 5.63. The molecule has 0 aromatic heterocycles. The van der Waals surface area contributed by atoms with Crippen molar-refractivity contribution in [1.29, 1.82) is 0 Å². The van der Waals surface area contributed by atoms with Crippen LogP contribution in [0.3, 0.4) is 0 Å². The second kappa shape index (κ2) is 7.43. The normalized spacial score (nSPS) is 24.0. The van der Waals surface area contributed by atoms with Crippen molar-refractivity contribution in [3.05, 3.63) is 28.8 Å². The van der Waals surface area contributed by atoms with Gasteiger partial charge in [-0.05, 0) is 43.9 Å². The number of sulfone groups is 1. The first-order valence-electron chi connectivity index (χ1n) is 8.93. The molecule has 0 radical (unpaired) electrons. The molecule has 2 aliphatic rings. The predicted octanol–water partition coefficient (Wildman–Crippen LogP) is 2.10. The summed E-state index contributed by atoms with van der Waals surface area (Å²) in [5.41, 5.74) is 1.41.